The van der Waals surface area contributed by atoms with E-state index in [4.69, 9.17) is 13.9 Å². The molecule has 1 aliphatic heterocycles. The monoisotopic (exact) mass is 363 g/mol. The molecule has 5 nitrogen and oxygen atoms in total. The van der Waals surface area contributed by atoms with Crippen LogP contribution in [-0.2, 0) is 17.8 Å². The second kappa shape index (κ2) is 7.99. The SMILES string of the molecule is O=C([C@@H]1COc2ccccc2O1)N(CCc1ccccc1)Cc1ccco1. The lowest BCUT2D eigenvalue weighted by molar-refractivity contribution is -0.142. The van der Waals surface area contributed by atoms with Crippen molar-refractivity contribution >= 4 is 5.91 Å². The van der Waals surface area contributed by atoms with Gasteiger partial charge in [0.2, 0.25) is 6.10 Å². The predicted molar refractivity (Wildman–Crippen MR) is 101 cm³/mol. The summed E-state index contributed by atoms with van der Waals surface area (Å²) in [4.78, 5) is 14.9. The van der Waals surface area contributed by atoms with Crippen molar-refractivity contribution in [1.82, 2.24) is 4.90 Å². The number of rotatable bonds is 6. The Morgan fingerprint density at radius 3 is 2.52 bits per heavy atom. The Kier molecular flexibility index (Phi) is 5.10. The third kappa shape index (κ3) is 4.14. The van der Waals surface area contributed by atoms with Crippen LogP contribution < -0.4 is 9.47 Å². The topological polar surface area (TPSA) is 51.9 Å². The van der Waals surface area contributed by atoms with Crippen molar-refractivity contribution in [2.45, 2.75) is 19.1 Å². The van der Waals surface area contributed by atoms with Crippen LogP contribution in [0.1, 0.15) is 11.3 Å². The minimum absolute atomic E-state index is 0.100. The molecule has 0 aliphatic carbocycles. The minimum atomic E-state index is -0.661. The molecule has 0 unspecified atom stereocenters. The van der Waals surface area contributed by atoms with E-state index in [1.165, 1.54) is 5.56 Å². The fourth-order valence-electron chi connectivity index (χ4n) is 3.11. The molecule has 0 radical (unpaired) electrons. The number of nitrogens with zero attached hydrogens (tertiary/aromatic N) is 1. The Bertz CT molecular complexity index is 876. The number of ether oxygens (including phenoxy) is 2. The maximum atomic E-state index is 13.1. The lowest BCUT2D eigenvalue weighted by atomic mass is 10.1. The molecule has 4 rings (SSSR count). The van der Waals surface area contributed by atoms with Gasteiger partial charge in [0.15, 0.2) is 11.5 Å². The van der Waals surface area contributed by atoms with Crippen molar-refractivity contribution in [3.8, 4) is 11.5 Å². The summed E-state index contributed by atoms with van der Waals surface area (Å²) in [5, 5.41) is 0. The van der Waals surface area contributed by atoms with Crippen molar-refractivity contribution in [2.75, 3.05) is 13.2 Å². The van der Waals surface area contributed by atoms with E-state index in [-0.39, 0.29) is 12.5 Å². The second-order valence-electron chi connectivity index (χ2n) is 6.44. The molecule has 1 amide bonds. The fraction of sp³-hybridized carbons (Fsp3) is 0.227. The molecule has 0 spiro atoms. The van der Waals surface area contributed by atoms with Gasteiger partial charge in [-0.2, -0.15) is 0 Å². The van der Waals surface area contributed by atoms with Crippen molar-refractivity contribution in [1.29, 1.82) is 0 Å². The summed E-state index contributed by atoms with van der Waals surface area (Å²) in [5.74, 6) is 1.91. The van der Waals surface area contributed by atoms with E-state index in [1.54, 1.807) is 11.2 Å². The van der Waals surface area contributed by atoms with Gasteiger partial charge in [0.05, 0.1) is 12.8 Å². The normalized spacial score (nSPS) is 15.3. The molecule has 0 bridgehead atoms. The molecular weight excluding hydrogens is 342 g/mol. The van der Waals surface area contributed by atoms with E-state index in [0.717, 1.165) is 12.2 Å². The first-order chi connectivity index (χ1) is 13.3. The van der Waals surface area contributed by atoms with Crippen molar-refractivity contribution in [3.63, 3.8) is 0 Å². The van der Waals surface area contributed by atoms with Crippen LogP contribution in [0, 0.1) is 0 Å². The number of fused-ring (bicyclic) bond motifs is 1. The molecule has 1 aromatic heterocycles. The summed E-state index contributed by atoms with van der Waals surface area (Å²) in [6, 6.07) is 21.2. The summed E-state index contributed by atoms with van der Waals surface area (Å²) >= 11 is 0. The zero-order valence-corrected chi connectivity index (χ0v) is 14.9. The highest BCUT2D eigenvalue weighted by Gasteiger charge is 2.31. The van der Waals surface area contributed by atoms with Gasteiger partial charge in [-0.15, -0.1) is 0 Å². The third-order valence-electron chi connectivity index (χ3n) is 4.54. The Balaban J connectivity index is 1.48. The highest BCUT2D eigenvalue weighted by Crippen LogP contribution is 2.31. The Hall–Kier alpha value is -3.21. The standard InChI is InChI=1S/C22H21NO4/c24-22(21-16-26-19-10-4-5-11-20(19)27-21)23(15-18-9-6-14-25-18)13-12-17-7-2-1-3-8-17/h1-11,14,21H,12-13,15-16H2/t21-/m0/s1. The highest BCUT2D eigenvalue weighted by molar-refractivity contribution is 5.82. The molecule has 5 heteroatoms. The number of hydrogen-bond acceptors (Lipinski definition) is 4. The Labute approximate surface area is 158 Å². The molecule has 1 atom stereocenters. The summed E-state index contributed by atoms with van der Waals surface area (Å²) in [5.41, 5.74) is 1.18. The Morgan fingerprint density at radius 1 is 0.963 bits per heavy atom. The summed E-state index contributed by atoms with van der Waals surface area (Å²) in [7, 11) is 0. The smallest absolute Gasteiger partial charge is 0.267 e. The molecule has 0 saturated carbocycles. The second-order valence-corrected chi connectivity index (χ2v) is 6.44. The van der Waals surface area contributed by atoms with Gasteiger partial charge >= 0.3 is 0 Å². The molecular formula is C22H21NO4. The van der Waals surface area contributed by atoms with Crippen LogP contribution >= 0.6 is 0 Å². The Morgan fingerprint density at radius 2 is 1.74 bits per heavy atom. The van der Waals surface area contributed by atoms with Gasteiger partial charge in [-0.3, -0.25) is 4.79 Å². The van der Waals surface area contributed by atoms with Crippen LogP contribution in [0.15, 0.2) is 77.4 Å². The first kappa shape index (κ1) is 17.2. The first-order valence-corrected chi connectivity index (χ1v) is 9.03. The average Bonchev–Trinajstić information content (AvgIpc) is 3.24. The van der Waals surface area contributed by atoms with Gasteiger partial charge < -0.3 is 18.8 Å². The van der Waals surface area contributed by atoms with Crippen LogP contribution in [-0.4, -0.2) is 30.1 Å². The number of amides is 1. The minimum Gasteiger partial charge on any atom is -0.485 e. The number of benzene rings is 2. The fourth-order valence-corrected chi connectivity index (χ4v) is 3.11. The molecule has 2 heterocycles. The zero-order valence-electron chi connectivity index (χ0n) is 14.9. The molecule has 3 aromatic rings. The lowest BCUT2D eigenvalue weighted by Crippen LogP contribution is -2.46. The molecule has 0 N–H and O–H groups in total. The van der Waals surface area contributed by atoms with Crippen molar-refractivity contribution in [2.24, 2.45) is 0 Å². The molecule has 0 saturated heterocycles. The molecule has 27 heavy (non-hydrogen) atoms. The summed E-state index contributed by atoms with van der Waals surface area (Å²) < 4.78 is 17.1. The van der Waals surface area contributed by atoms with Gasteiger partial charge in [-0.05, 0) is 36.2 Å². The third-order valence-corrected chi connectivity index (χ3v) is 4.54. The quantitative estimate of drug-likeness (QED) is 0.670. The van der Waals surface area contributed by atoms with Crippen LogP contribution in [0.3, 0.4) is 0 Å². The molecule has 1 aliphatic rings. The van der Waals surface area contributed by atoms with E-state index < -0.39 is 6.10 Å². The van der Waals surface area contributed by atoms with E-state index in [2.05, 4.69) is 12.1 Å². The maximum absolute atomic E-state index is 13.1. The van der Waals surface area contributed by atoms with Crippen LogP contribution in [0.5, 0.6) is 11.5 Å². The van der Waals surface area contributed by atoms with E-state index in [1.807, 2.05) is 54.6 Å². The number of carbonyl (C=O) groups excluding carboxylic acids is 1. The van der Waals surface area contributed by atoms with Gasteiger partial charge in [0, 0.05) is 6.54 Å². The zero-order chi connectivity index (χ0) is 18.5. The van der Waals surface area contributed by atoms with Crippen molar-refractivity contribution < 1.29 is 18.7 Å². The van der Waals surface area contributed by atoms with Crippen LogP contribution in [0.2, 0.25) is 0 Å². The van der Waals surface area contributed by atoms with Gasteiger partial charge in [0.25, 0.3) is 5.91 Å². The van der Waals surface area contributed by atoms with Gasteiger partial charge in [-0.25, -0.2) is 0 Å². The lowest BCUT2D eigenvalue weighted by Gasteiger charge is -2.30. The van der Waals surface area contributed by atoms with Crippen LogP contribution in [0.25, 0.3) is 0 Å². The van der Waals surface area contributed by atoms with Crippen LogP contribution in [0.4, 0.5) is 0 Å². The van der Waals surface area contributed by atoms with Gasteiger partial charge in [-0.1, -0.05) is 42.5 Å². The number of hydrogen-bond donors (Lipinski definition) is 0. The van der Waals surface area contributed by atoms with Crippen molar-refractivity contribution in [3.05, 3.63) is 84.3 Å². The predicted octanol–water partition coefficient (Wildman–Crippen LogP) is 3.69. The van der Waals surface area contributed by atoms with E-state index >= 15 is 0 Å². The number of carbonyl (C=O) groups is 1. The maximum Gasteiger partial charge on any atom is 0.267 e. The first-order valence-electron chi connectivity index (χ1n) is 9.03. The summed E-state index contributed by atoms with van der Waals surface area (Å²) in [6.07, 6.45) is 1.72. The van der Waals surface area contributed by atoms with E-state index in [9.17, 15) is 4.79 Å². The van der Waals surface area contributed by atoms with E-state index in [0.29, 0.717) is 24.6 Å². The largest absolute Gasteiger partial charge is 0.485 e. The molecule has 2 aromatic carbocycles. The molecule has 0 fully saturated rings. The van der Waals surface area contributed by atoms with Gasteiger partial charge in [0.1, 0.15) is 12.4 Å². The average molecular weight is 363 g/mol. The summed E-state index contributed by atoms with van der Waals surface area (Å²) in [6.45, 7) is 1.18. The highest BCUT2D eigenvalue weighted by atomic mass is 16.6. The number of furan rings is 1. The molecule has 138 valence electrons. The number of para-hydroxylation sites is 2.